The highest BCUT2D eigenvalue weighted by Crippen LogP contribution is 2.38. The predicted molar refractivity (Wildman–Crippen MR) is 152 cm³/mol. The van der Waals surface area contributed by atoms with Crippen molar-refractivity contribution < 1.29 is 39.2 Å². The smallest absolute Gasteiger partial charge is 0.434 e. The van der Waals surface area contributed by atoms with E-state index in [1.165, 1.54) is 0 Å². The number of nitrogens with zero attached hydrogens (tertiary/aromatic N) is 1. The number of unbranched alkanes of at least 4 members (excludes halogenated alkanes) is 2. The van der Waals surface area contributed by atoms with Gasteiger partial charge in [0, 0.05) is 25.3 Å². The maximum absolute atomic E-state index is 12.3. The molecule has 0 bridgehead atoms. The van der Waals surface area contributed by atoms with E-state index in [0.29, 0.717) is 45.1 Å². The van der Waals surface area contributed by atoms with Crippen LogP contribution in [0.5, 0.6) is 0 Å². The van der Waals surface area contributed by atoms with Crippen LogP contribution in [-0.2, 0) is 25.5 Å². The van der Waals surface area contributed by atoms with E-state index >= 15 is 0 Å². The molecule has 5 unspecified atom stereocenters. The Morgan fingerprint density at radius 3 is 2.66 bits per heavy atom. The highest BCUT2D eigenvalue weighted by atomic mass is 16.9. The van der Waals surface area contributed by atoms with E-state index in [-0.39, 0.29) is 37.4 Å². The van der Waals surface area contributed by atoms with Crippen LogP contribution in [0.4, 0.5) is 4.79 Å². The first-order chi connectivity index (χ1) is 19.8. The maximum atomic E-state index is 12.3. The summed E-state index contributed by atoms with van der Waals surface area (Å²) >= 11 is 0. The van der Waals surface area contributed by atoms with Crippen molar-refractivity contribution in [3.8, 4) is 0 Å². The second kappa shape index (κ2) is 19.6. The van der Waals surface area contributed by atoms with E-state index in [2.05, 4.69) is 10.2 Å². The monoisotopic (exact) mass is 576 g/mol. The summed E-state index contributed by atoms with van der Waals surface area (Å²) in [5, 5.41) is 33.5. The second-order valence-corrected chi connectivity index (χ2v) is 10.1. The molecule has 1 fully saturated rings. The molecule has 0 aliphatic heterocycles. The third-order valence-corrected chi connectivity index (χ3v) is 6.95. The number of aliphatic hydroxyl groups excluding tert-OH is 2. The van der Waals surface area contributed by atoms with Crippen LogP contribution in [-0.4, -0.2) is 65.4 Å². The van der Waals surface area contributed by atoms with Crippen LogP contribution < -0.4 is 5.32 Å². The fourth-order valence-corrected chi connectivity index (χ4v) is 4.82. The summed E-state index contributed by atoms with van der Waals surface area (Å²) in [7, 11) is 0. The van der Waals surface area contributed by atoms with Crippen molar-refractivity contribution in [1.29, 1.82) is 0 Å². The molecule has 0 radical (unpaired) electrons. The Bertz CT molecular complexity index is 970. The number of carbonyl (C=O) groups excluding carboxylic acids is 2. The van der Waals surface area contributed by atoms with Crippen molar-refractivity contribution in [1.82, 2.24) is 5.32 Å². The zero-order chi connectivity index (χ0) is 29.9. The van der Waals surface area contributed by atoms with Gasteiger partial charge in [0.2, 0.25) is 5.91 Å². The summed E-state index contributed by atoms with van der Waals surface area (Å²) in [4.78, 5) is 38.4. The Balaban J connectivity index is 1.93. The minimum atomic E-state index is -0.873. The first-order valence-electron chi connectivity index (χ1n) is 14.4. The standard InChI is InChI=1S/C30H44N2O9/c1-2-31-29(35)15-9-4-3-8-14-25-26(19-18-24(33)17-16-23-12-6-5-7-13-23)28(22-27(25)34)41-30(36)39-20-10-11-21-40-32(37)38/h3,5-8,12-13,18-19,24-28,33-34H,2,4,9-11,14-17,20-22H2,1H3,(H,31,35)/b8-3-,19-18+. The van der Waals surface area contributed by atoms with Gasteiger partial charge in [-0.15, -0.1) is 10.1 Å². The maximum Gasteiger partial charge on any atom is 0.508 e. The largest absolute Gasteiger partial charge is 0.508 e. The van der Waals surface area contributed by atoms with Crippen molar-refractivity contribution >= 4 is 12.1 Å². The number of nitrogens with one attached hydrogen (secondary N) is 1. The third-order valence-electron chi connectivity index (χ3n) is 6.95. The van der Waals surface area contributed by atoms with Gasteiger partial charge in [-0.2, -0.15) is 0 Å². The first-order valence-corrected chi connectivity index (χ1v) is 14.4. The molecule has 1 amide bonds. The zero-order valence-electron chi connectivity index (χ0n) is 23.8. The number of ether oxygens (including phenoxy) is 2. The fourth-order valence-electron chi connectivity index (χ4n) is 4.82. The molecule has 2 rings (SSSR count). The second-order valence-electron chi connectivity index (χ2n) is 10.1. The van der Waals surface area contributed by atoms with Crippen molar-refractivity contribution in [2.75, 3.05) is 19.8 Å². The number of hydrogen-bond donors (Lipinski definition) is 3. The molecule has 41 heavy (non-hydrogen) atoms. The minimum Gasteiger partial charge on any atom is -0.434 e. The molecule has 0 spiro atoms. The predicted octanol–water partition coefficient (Wildman–Crippen LogP) is 4.30. The summed E-state index contributed by atoms with van der Waals surface area (Å²) in [5.74, 6) is -0.540. The number of aliphatic hydroxyl groups is 2. The van der Waals surface area contributed by atoms with Crippen LogP contribution in [0.2, 0.25) is 0 Å². The van der Waals surface area contributed by atoms with Crippen LogP contribution in [0.15, 0.2) is 54.6 Å². The molecule has 0 heterocycles. The lowest BCUT2D eigenvalue weighted by Crippen LogP contribution is -2.25. The molecule has 1 aromatic rings. The van der Waals surface area contributed by atoms with E-state index in [9.17, 15) is 29.9 Å². The summed E-state index contributed by atoms with van der Waals surface area (Å²) in [5.41, 5.74) is 1.13. The number of amides is 1. The molecular formula is C30H44N2O9. The summed E-state index contributed by atoms with van der Waals surface area (Å²) in [6.45, 7) is 2.43. The molecule has 1 aliphatic rings. The van der Waals surface area contributed by atoms with Crippen LogP contribution in [0.3, 0.4) is 0 Å². The van der Waals surface area contributed by atoms with E-state index in [0.717, 1.165) is 18.4 Å². The van der Waals surface area contributed by atoms with Gasteiger partial charge in [-0.1, -0.05) is 54.6 Å². The molecule has 1 aromatic carbocycles. The lowest BCUT2D eigenvalue weighted by atomic mass is 9.89. The molecule has 11 nitrogen and oxygen atoms in total. The Hall–Kier alpha value is -3.44. The van der Waals surface area contributed by atoms with E-state index < -0.39 is 29.6 Å². The van der Waals surface area contributed by atoms with Crippen molar-refractivity contribution in [3.63, 3.8) is 0 Å². The number of allylic oxidation sites excluding steroid dienone is 2. The third kappa shape index (κ3) is 14.1. The normalized spacial score (nSPS) is 21.1. The number of rotatable bonds is 19. The van der Waals surface area contributed by atoms with Crippen molar-refractivity contribution in [2.24, 2.45) is 11.8 Å². The number of aryl methyl sites for hydroxylation is 1. The summed E-state index contributed by atoms with van der Waals surface area (Å²) < 4.78 is 10.7. The number of benzene rings is 1. The van der Waals surface area contributed by atoms with Crippen molar-refractivity contribution in [2.45, 2.75) is 83.0 Å². The Kier molecular flexibility index (Phi) is 16.1. The lowest BCUT2D eigenvalue weighted by molar-refractivity contribution is -0.757. The molecular weight excluding hydrogens is 532 g/mol. The van der Waals surface area contributed by atoms with Gasteiger partial charge in [-0.05, 0) is 63.4 Å². The SMILES string of the molecule is CCNC(=O)CCC/C=C\CC1C(O)CC(OC(=O)OCCCCO[N+](=O)[O-])C1/C=C/C(O)CCc1ccccc1. The molecule has 1 saturated carbocycles. The summed E-state index contributed by atoms with van der Waals surface area (Å²) in [6, 6.07) is 9.87. The quantitative estimate of drug-likeness (QED) is 0.0718. The number of carbonyl (C=O) groups is 2. The van der Waals surface area contributed by atoms with Gasteiger partial charge in [0.25, 0.3) is 5.09 Å². The van der Waals surface area contributed by atoms with Gasteiger partial charge < -0.3 is 29.8 Å². The average molecular weight is 577 g/mol. The van der Waals surface area contributed by atoms with Crippen LogP contribution >= 0.6 is 0 Å². The average Bonchev–Trinajstić information content (AvgIpc) is 3.23. The highest BCUT2D eigenvalue weighted by Gasteiger charge is 2.43. The Morgan fingerprint density at radius 2 is 1.93 bits per heavy atom. The van der Waals surface area contributed by atoms with Crippen molar-refractivity contribution in [3.05, 3.63) is 70.3 Å². The van der Waals surface area contributed by atoms with Gasteiger partial charge in [0.15, 0.2) is 0 Å². The van der Waals surface area contributed by atoms with E-state index in [1.807, 2.05) is 55.5 Å². The highest BCUT2D eigenvalue weighted by molar-refractivity contribution is 5.75. The van der Waals surface area contributed by atoms with E-state index in [4.69, 9.17) is 9.47 Å². The number of hydrogen-bond acceptors (Lipinski definition) is 9. The molecule has 3 N–H and O–H groups in total. The van der Waals surface area contributed by atoms with Gasteiger partial charge in [-0.25, -0.2) is 4.79 Å². The molecule has 228 valence electrons. The fraction of sp³-hybridized carbons (Fsp3) is 0.600. The molecule has 5 atom stereocenters. The van der Waals surface area contributed by atoms with Gasteiger partial charge in [0.1, 0.15) is 6.10 Å². The van der Waals surface area contributed by atoms with E-state index in [1.54, 1.807) is 6.08 Å². The molecule has 1 aliphatic carbocycles. The molecule has 11 heteroatoms. The first kappa shape index (κ1) is 33.8. The Morgan fingerprint density at radius 1 is 1.17 bits per heavy atom. The zero-order valence-corrected chi connectivity index (χ0v) is 23.8. The minimum absolute atomic E-state index is 0.0241. The Labute approximate surface area is 241 Å². The molecule has 0 aromatic heterocycles. The van der Waals surface area contributed by atoms with Gasteiger partial charge in [0.05, 0.1) is 25.4 Å². The lowest BCUT2D eigenvalue weighted by Gasteiger charge is -2.22. The van der Waals surface area contributed by atoms with Crippen LogP contribution in [0.25, 0.3) is 0 Å². The topological polar surface area (TPSA) is 157 Å². The van der Waals surface area contributed by atoms with Gasteiger partial charge in [-0.3, -0.25) is 4.79 Å². The van der Waals surface area contributed by atoms with Gasteiger partial charge >= 0.3 is 6.16 Å². The van der Waals surface area contributed by atoms with Crippen LogP contribution in [0.1, 0.15) is 63.9 Å². The molecule has 0 saturated heterocycles. The van der Waals surface area contributed by atoms with Crippen LogP contribution in [0, 0.1) is 22.0 Å². The summed E-state index contributed by atoms with van der Waals surface area (Å²) in [6.07, 6.45) is 9.22.